The van der Waals surface area contributed by atoms with E-state index in [1.54, 1.807) is 14.1 Å². The average molecular weight is 537 g/mol. The van der Waals surface area contributed by atoms with Gasteiger partial charge < -0.3 is 28.1 Å². The highest BCUT2D eigenvalue weighted by Gasteiger charge is 2.19. The van der Waals surface area contributed by atoms with Crippen molar-refractivity contribution in [1.29, 1.82) is 0 Å². The molecule has 8 nitrogen and oxygen atoms in total. The number of amides is 1. The van der Waals surface area contributed by atoms with E-state index in [1.807, 2.05) is 21.1 Å². The predicted molar refractivity (Wildman–Crippen MR) is 146 cm³/mol. The second-order valence-corrected chi connectivity index (χ2v) is 12.7. The Morgan fingerprint density at radius 3 is 1.72 bits per heavy atom. The smallest absolute Gasteiger partial charge is 0.409 e. The van der Waals surface area contributed by atoms with E-state index in [4.69, 9.17) is 13.8 Å². The third kappa shape index (κ3) is 23.7. The fraction of sp³-hybridized carbons (Fsp3) is 0.963. The summed E-state index contributed by atoms with van der Waals surface area (Å²) in [4.78, 5) is 25.3. The van der Waals surface area contributed by atoms with Crippen LogP contribution in [0.1, 0.15) is 103 Å². The number of nitrogens with zero attached hydrogens (tertiary/aromatic N) is 2. The highest BCUT2D eigenvalue weighted by molar-refractivity contribution is 7.45. The van der Waals surface area contributed by atoms with E-state index in [1.165, 1.54) is 81.9 Å². The number of likely N-dealkylation sites (N-methyl/N-ethyl adjacent to an activating group) is 1. The van der Waals surface area contributed by atoms with E-state index in [-0.39, 0.29) is 25.7 Å². The molecule has 0 radical (unpaired) electrons. The second kappa shape index (κ2) is 21.3. The van der Waals surface area contributed by atoms with Crippen molar-refractivity contribution in [1.82, 2.24) is 4.90 Å². The minimum absolute atomic E-state index is 0.0374. The lowest BCUT2D eigenvalue weighted by molar-refractivity contribution is -0.870. The number of quaternary nitrogens is 1. The Labute approximate surface area is 222 Å². The Morgan fingerprint density at radius 1 is 0.806 bits per heavy atom. The van der Waals surface area contributed by atoms with Crippen LogP contribution in [-0.4, -0.2) is 77.1 Å². The molecule has 0 aromatic heterocycles. The fourth-order valence-electron chi connectivity index (χ4n) is 3.82. The highest BCUT2D eigenvalue weighted by atomic mass is 31.2. The maximum atomic E-state index is 12.1. The van der Waals surface area contributed by atoms with Crippen LogP contribution in [0.4, 0.5) is 4.79 Å². The van der Waals surface area contributed by atoms with Crippen LogP contribution in [0.3, 0.4) is 0 Å². The number of ether oxygens (including phenoxy) is 1. The molecule has 0 aromatic carbocycles. The van der Waals surface area contributed by atoms with Crippen LogP contribution < -0.4 is 4.89 Å². The molecule has 0 aliphatic carbocycles. The number of rotatable bonds is 24. The number of unbranched alkanes of at least 4 members (excludes halogenated alkanes) is 13. The lowest BCUT2D eigenvalue weighted by atomic mass is 10.0. The summed E-state index contributed by atoms with van der Waals surface area (Å²) in [6.07, 6.45) is 18.3. The van der Waals surface area contributed by atoms with Gasteiger partial charge in [-0.25, -0.2) is 4.79 Å². The summed E-state index contributed by atoms with van der Waals surface area (Å²) < 4.78 is 28.2. The molecule has 0 fully saturated rings. The lowest BCUT2D eigenvalue weighted by Crippen LogP contribution is -2.37. The molecular weight excluding hydrogens is 479 g/mol. The van der Waals surface area contributed by atoms with Gasteiger partial charge >= 0.3 is 6.09 Å². The van der Waals surface area contributed by atoms with E-state index in [9.17, 15) is 14.3 Å². The molecule has 1 amide bonds. The van der Waals surface area contributed by atoms with Gasteiger partial charge in [-0.1, -0.05) is 96.8 Å². The second-order valence-electron chi connectivity index (χ2n) is 11.3. The third-order valence-corrected chi connectivity index (χ3v) is 7.22. The molecule has 0 heterocycles. The van der Waals surface area contributed by atoms with Gasteiger partial charge in [0.1, 0.15) is 13.2 Å². The molecule has 9 heteroatoms. The zero-order chi connectivity index (χ0) is 27.3. The van der Waals surface area contributed by atoms with Crippen molar-refractivity contribution in [3.05, 3.63) is 0 Å². The summed E-state index contributed by atoms with van der Waals surface area (Å²) in [5.41, 5.74) is 0. The zero-order valence-corrected chi connectivity index (χ0v) is 25.2. The van der Waals surface area contributed by atoms with Gasteiger partial charge in [-0.05, 0) is 6.42 Å². The number of carbonyl (C=O) groups excluding carboxylic acids is 1. The van der Waals surface area contributed by atoms with Crippen molar-refractivity contribution in [2.24, 2.45) is 5.92 Å². The molecule has 0 saturated carbocycles. The van der Waals surface area contributed by atoms with Crippen LogP contribution in [0.25, 0.3) is 0 Å². The molecule has 0 aliphatic rings. The lowest BCUT2D eigenvalue weighted by Gasteiger charge is -2.28. The summed E-state index contributed by atoms with van der Waals surface area (Å²) in [5, 5.41) is 0. The maximum Gasteiger partial charge on any atom is 0.409 e. The summed E-state index contributed by atoms with van der Waals surface area (Å²) in [7, 11) is 4.75. The van der Waals surface area contributed by atoms with Crippen molar-refractivity contribution in [3.63, 3.8) is 0 Å². The number of hydrogen-bond donors (Lipinski definition) is 0. The normalized spacial score (nSPS) is 14.4. The molecule has 0 rings (SSSR count). The summed E-state index contributed by atoms with van der Waals surface area (Å²) in [6.45, 7) is 2.98. The molecule has 0 aromatic rings. The van der Waals surface area contributed by atoms with Gasteiger partial charge in [0.25, 0.3) is 7.82 Å². The molecule has 216 valence electrons. The molecule has 36 heavy (non-hydrogen) atoms. The Morgan fingerprint density at radius 2 is 1.28 bits per heavy atom. The van der Waals surface area contributed by atoms with E-state index in [2.05, 4.69) is 6.92 Å². The minimum Gasteiger partial charge on any atom is -0.756 e. The minimum atomic E-state index is -4.38. The first-order valence-electron chi connectivity index (χ1n) is 14.2. The first-order chi connectivity index (χ1) is 17.0. The van der Waals surface area contributed by atoms with Gasteiger partial charge in [-0.2, -0.15) is 0 Å². The van der Waals surface area contributed by atoms with E-state index in [0.717, 1.165) is 19.3 Å². The number of phosphoric acid groups is 1. The standard InChI is InChI=1S/C27H57N2O6P/c1-7-8-9-10-11-12-13-14-15-16-17-18-19-20-21-26(24-33-27(30)28(2)3)25-35-36(31,32)34-23-22-29(4,5)6/h26H,7-25H2,1-6H3. The predicted octanol–water partition coefficient (Wildman–Crippen LogP) is 6.38. The molecule has 0 N–H and O–H groups in total. The van der Waals surface area contributed by atoms with E-state index >= 15 is 0 Å². The third-order valence-electron chi connectivity index (χ3n) is 6.25. The van der Waals surface area contributed by atoms with Crippen molar-refractivity contribution in [3.8, 4) is 0 Å². The molecule has 2 unspecified atom stereocenters. The molecule has 2 atom stereocenters. The summed E-state index contributed by atoms with van der Waals surface area (Å²) >= 11 is 0. The Hall–Kier alpha value is -0.660. The number of phosphoric ester groups is 1. The Bertz CT molecular complexity index is 583. The number of hydrogen-bond acceptors (Lipinski definition) is 6. The monoisotopic (exact) mass is 536 g/mol. The van der Waals surface area contributed by atoms with Crippen molar-refractivity contribution < 1.29 is 32.5 Å². The van der Waals surface area contributed by atoms with Crippen LogP contribution in [0.5, 0.6) is 0 Å². The highest BCUT2D eigenvalue weighted by Crippen LogP contribution is 2.39. The van der Waals surface area contributed by atoms with Crippen LogP contribution in [0, 0.1) is 5.92 Å². The van der Waals surface area contributed by atoms with Gasteiger partial charge in [0.2, 0.25) is 0 Å². The van der Waals surface area contributed by atoms with E-state index < -0.39 is 13.9 Å². The first-order valence-corrected chi connectivity index (χ1v) is 15.7. The molecular formula is C27H57N2O6P. The summed E-state index contributed by atoms with van der Waals surface area (Å²) in [5.74, 6) is -0.185. The molecule has 0 aliphatic heterocycles. The van der Waals surface area contributed by atoms with Gasteiger partial charge in [0.15, 0.2) is 0 Å². The largest absolute Gasteiger partial charge is 0.756 e. The van der Waals surface area contributed by atoms with Crippen molar-refractivity contribution in [2.45, 2.75) is 103 Å². The zero-order valence-electron chi connectivity index (χ0n) is 24.3. The van der Waals surface area contributed by atoms with Crippen LogP contribution in [0.2, 0.25) is 0 Å². The fourth-order valence-corrected chi connectivity index (χ4v) is 4.59. The van der Waals surface area contributed by atoms with Crippen LogP contribution in [0.15, 0.2) is 0 Å². The molecule has 0 bridgehead atoms. The van der Waals surface area contributed by atoms with Crippen LogP contribution in [-0.2, 0) is 18.3 Å². The van der Waals surface area contributed by atoms with Gasteiger partial charge in [-0.3, -0.25) is 4.57 Å². The summed E-state index contributed by atoms with van der Waals surface area (Å²) in [6, 6.07) is 0. The van der Waals surface area contributed by atoms with Crippen LogP contribution >= 0.6 is 7.82 Å². The topological polar surface area (TPSA) is 88.1 Å². The van der Waals surface area contributed by atoms with Crippen molar-refractivity contribution in [2.75, 3.05) is 61.6 Å². The Balaban J connectivity index is 4.12. The SMILES string of the molecule is CCCCCCCCCCCCCCCCC(COC(=O)N(C)C)COP(=O)([O-])OCC[N+](C)(C)C. The quantitative estimate of drug-likeness (QED) is 0.0808. The Kier molecular flexibility index (Phi) is 20.9. The number of carbonyl (C=O) groups is 1. The van der Waals surface area contributed by atoms with E-state index in [0.29, 0.717) is 11.0 Å². The van der Waals surface area contributed by atoms with Gasteiger partial charge in [0, 0.05) is 20.0 Å². The van der Waals surface area contributed by atoms with Crippen molar-refractivity contribution >= 4 is 13.9 Å². The van der Waals surface area contributed by atoms with Gasteiger partial charge in [0.05, 0.1) is 34.4 Å². The first kappa shape index (κ1) is 35.3. The average Bonchev–Trinajstić information content (AvgIpc) is 2.79. The van der Waals surface area contributed by atoms with Gasteiger partial charge in [-0.15, -0.1) is 0 Å². The molecule has 0 spiro atoms. The molecule has 0 saturated heterocycles. The maximum absolute atomic E-state index is 12.1.